The van der Waals surface area contributed by atoms with Crippen molar-refractivity contribution in [3.8, 4) is 0 Å². The van der Waals surface area contributed by atoms with Gasteiger partial charge in [-0.15, -0.1) is 0 Å². The molecule has 4 heteroatoms. The highest BCUT2D eigenvalue weighted by Crippen LogP contribution is 2.29. The van der Waals surface area contributed by atoms with E-state index in [4.69, 9.17) is 5.11 Å². The van der Waals surface area contributed by atoms with Gasteiger partial charge in [-0.25, -0.2) is 0 Å². The number of carbonyl (C=O) groups is 2. The smallest absolute Gasteiger partial charge is 0.306 e. The number of carboxylic acid groups (broad SMARTS) is 1. The minimum atomic E-state index is -0.755. The highest BCUT2D eigenvalue weighted by molar-refractivity contribution is 5.80. The first-order valence-corrected chi connectivity index (χ1v) is 8.07. The van der Waals surface area contributed by atoms with Crippen LogP contribution in [0.3, 0.4) is 0 Å². The second kappa shape index (κ2) is 8.98. The maximum atomic E-state index is 12.2. The number of unbranched alkanes of at least 4 members (excludes halogenated alkanes) is 3. The summed E-state index contributed by atoms with van der Waals surface area (Å²) in [5.41, 5.74) is 0. The van der Waals surface area contributed by atoms with E-state index in [1.165, 1.54) is 19.3 Å². The topological polar surface area (TPSA) is 66.4 Å². The Morgan fingerprint density at radius 3 is 2.55 bits per heavy atom. The number of carboxylic acids is 1. The van der Waals surface area contributed by atoms with Crippen molar-refractivity contribution in [2.24, 2.45) is 11.8 Å². The Hall–Kier alpha value is -1.06. The molecule has 0 aliphatic heterocycles. The minimum Gasteiger partial charge on any atom is -0.481 e. The van der Waals surface area contributed by atoms with Crippen molar-refractivity contribution >= 4 is 11.9 Å². The number of aliphatic carboxylic acids is 1. The van der Waals surface area contributed by atoms with Crippen LogP contribution in [0.2, 0.25) is 0 Å². The van der Waals surface area contributed by atoms with E-state index in [1.54, 1.807) is 0 Å². The molecule has 0 radical (unpaired) electrons. The first-order valence-electron chi connectivity index (χ1n) is 8.07. The van der Waals surface area contributed by atoms with Crippen molar-refractivity contribution in [1.29, 1.82) is 0 Å². The summed E-state index contributed by atoms with van der Waals surface area (Å²) in [7, 11) is 0. The van der Waals surface area contributed by atoms with Crippen molar-refractivity contribution < 1.29 is 14.7 Å². The maximum absolute atomic E-state index is 12.2. The molecule has 1 saturated carbocycles. The van der Waals surface area contributed by atoms with E-state index in [-0.39, 0.29) is 23.8 Å². The fourth-order valence-corrected chi connectivity index (χ4v) is 2.96. The number of nitrogens with one attached hydrogen (secondary N) is 1. The van der Waals surface area contributed by atoms with Gasteiger partial charge in [-0.2, -0.15) is 0 Å². The average molecular weight is 283 g/mol. The van der Waals surface area contributed by atoms with Gasteiger partial charge in [0, 0.05) is 12.0 Å². The van der Waals surface area contributed by atoms with Gasteiger partial charge >= 0.3 is 5.97 Å². The third-order valence-electron chi connectivity index (χ3n) is 4.27. The summed E-state index contributed by atoms with van der Waals surface area (Å²) in [6.45, 7) is 4.23. The quantitative estimate of drug-likeness (QED) is 0.671. The lowest BCUT2D eigenvalue weighted by molar-refractivity contribution is -0.144. The summed E-state index contributed by atoms with van der Waals surface area (Å²) in [5.74, 6) is -1.14. The van der Waals surface area contributed by atoms with Crippen LogP contribution in [0, 0.1) is 11.8 Å². The zero-order valence-corrected chi connectivity index (χ0v) is 12.9. The van der Waals surface area contributed by atoms with Crippen molar-refractivity contribution in [2.75, 3.05) is 0 Å². The van der Waals surface area contributed by atoms with Gasteiger partial charge < -0.3 is 10.4 Å². The predicted octanol–water partition coefficient (Wildman–Crippen LogP) is 3.35. The Morgan fingerprint density at radius 2 is 1.90 bits per heavy atom. The highest BCUT2D eigenvalue weighted by atomic mass is 16.4. The van der Waals surface area contributed by atoms with Crippen LogP contribution >= 0.6 is 0 Å². The molecule has 1 amide bonds. The Kier molecular flexibility index (Phi) is 7.63. The number of rotatable bonds is 8. The number of hydrogen-bond acceptors (Lipinski definition) is 2. The summed E-state index contributed by atoms with van der Waals surface area (Å²) >= 11 is 0. The zero-order valence-electron chi connectivity index (χ0n) is 12.9. The van der Waals surface area contributed by atoms with Crippen LogP contribution in [-0.2, 0) is 9.59 Å². The molecular weight excluding hydrogens is 254 g/mol. The molecule has 0 saturated heterocycles. The van der Waals surface area contributed by atoms with Gasteiger partial charge in [0.05, 0.1) is 5.92 Å². The molecule has 0 heterocycles. The molecule has 1 aliphatic rings. The average Bonchev–Trinajstić information content (AvgIpc) is 2.43. The third kappa shape index (κ3) is 5.93. The van der Waals surface area contributed by atoms with E-state index in [1.807, 2.05) is 6.92 Å². The molecule has 0 aromatic rings. The molecule has 0 bridgehead atoms. The van der Waals surface area contributed by atoms with Crippen molar-refractivity contribution in [1.82, 2.24) is 5.32 Å². The van der Waals surface area contributed by atoms with Crippen molar-refractivity contribution in [2.45, 2.75) is 77.7 Å². The lowest BCUT2D eigenvalue weighted by Crippen LogP contribution is -2.39. The van der Waals surface area contributed by atoms with Crippen LogP contribution in [0.5, 0.6) is 0 Å². The van der Waals surface area contributed by atoms with Gasteiger partial charge in [0.1, 0.15) is 0 Å². The van der Waals surface area contributed by atoms with E-state index in [9.17, 15) is 9.59 Å². The summed E-state index contributed by atoms with van der Waals surface area (Å²) < 4.78 is 0. The molecule has 0 spiro atoms. The Bertz CT molecular complexity index is 317. The largest absolute Gasteiger partial charge is 0.481 e. The summed E-state index contributed by atoms with van der Waals surface area (Å²) in [5, 5.41) is 12.1. The Balaban J connectivity index is 2.28. The molecule has 3 atom stereocenters. The fraction of sp³-hybridized carbons (Fsp3) is 0.875. The maximum Gasteiger partial charge on any atom is 0.306 e. The summed E-state index contributed by atoms with van der Waals surface area (Å²) in [6.07, 6.45) is 8.76. The van der Waals surface area contributed by atoms with E-state index < -0.39 is 5.97 Å². The van der Waals surface area contributed by atoms with Crippen molar-refractivity contribution in [3.63, 3.8) is 0 Å². The molecular formula is C16H29NO3. The lowest BCUT2D eigenvalue weighted by atomic mass is 9.81. The van der Waals surface area contributed by atoms with Gasteiger partial charge in [0.2, 0.25) is 5.91 Å². The SMILES string of the molecule is CCCCCCC(C)NC(=O)C1CCCC(C(=O)O)C1. The van der Waals surface area contributed by atoms with E-state index in [0.717, 1.165) is 25.7 Å². The summed E-state index contributed by atoms with van der Waals surface area (Å²) in [6, 6.07) is 0.199. The third-order valence-corrected chi connectivity index (χ3v) is 4.27. The molecule has 4 nitrogen and oxygen atoms in total. The number of carbonyl (C=O) groups excluding carboxylic acids is 1. The molecule has 116 valence electrons. The van der Waals surface area contributed by atoms with Gasteiger partial charge in [0.15, 0.2) is 0 Å². The van der Waals surface area contributed by atoms with E-state index >= 15 is 0 Å². The van der Waals surface area contributed by atoms with Gasteiger partial charge in [-0.05, 0) is 32.6 Å². The molecule has 3 unspecified atom stereocenters. The van der Waals surface area contributed by atoms with Crippen molar-refractivity contribution in [3.05, 3.63) is 0 Å². The van der Waals surface area contributed by atoms with Crippen LogP contribution in [-0.4, -0.2) is 23.0 Å². The van der Waals surface area contributed by atoms with Crippen LogP contribution in [0.1, 0.15) is 71.6 Å². The Morgan fingerprint density at radius 1 is 1.20 bits per heavy atom. The normalized spacial score (nSPS) is 24.1. The first kappa shape index (κ1) is 17.0. The second-order valence-electron chi connectivity index (χ2n) is 6.16. The molecule has 2 N–H and O–H groups in total. The van der Waals surface area contributed by atoms with Gasteiger partial charge in [0.25, 0.3) is 0 Å². The lowest BCUT2D eigenvalue weighted by Gasteiger charge is -2.27. The first-order chi connectivity index (χ1) is 9.54. The predicted molar refractivity (Wildman–Crippen MR) is 79.4 cm³/mol. The monoisotopic (exact) mass is 283 g/mol. The molecule has 0 aromatic carbocycles. The minimum absolute atomic E-state index is 0.0546. The van der Waals surface area contributed by atoms with E-state index in [2.05, 4.69) is 12.2 Å². The highest BCUT2D eigenvalue weighted by Gasteiger charge is 2.31. The molecule has 1 fully saturated rings. The molecule has 1 aliphatic carbocycles. The second-order valence-corrected chi connectivity index (χ2v) is 6.16. The zero-order chi connectivity index (χ0) is 15.0. The van der Waals surface area contributed by atoms with Gasteiger partial charge in [-0.3, -0.25) is 9.59 Å². The standard InChI is InChI=1S/C16H29NO3/c1-3-4-5-6-8-12(2)17-15(18)13-9-7-10-14(11-13)16(19)20/h12-14H,3-11H2,1-2H3,(H,17,18)(H,19,20). The van der Waals surface area contributed by atoms with Crippen LogP contribution < -0.4 is 5.32 Å². The van der Waals surface area contributed by atoms with Gasteiger partial charge in [-0.1, -0.05) is 39.0 Å². The molecule has 1 rings (SSSR count). The van der Waals surface area contributed by atoms with E-state index in [0.29, 0.717) is 12.8 Å². The molecule has 20 heavy (non-hydrogen) atoms. The van der Waals surface area contributed by atoms with Crippen LogP contribution in [0.25, 0.3) is 0 Å². The number of amides is 1. The number of hydrogen-bond donors (Lipinski definition) is 2. The molecule has 0 aromatic heterocycles. The Labute approximate surface area is 122 Å². The fourth-order valence-electron chi connectivity index (χ4n) is 2.96. The van der Waals surface area contributed by atoms with Crippen LogP contribution in [0.4, 0.5) is 0 Å². The van der Waals surface area contributed by atoms with Crippen LogP contribution in [0.15, 0.2) is 0 Å². The summed E-state index contributed by atoms with van der Waals surface area (Å²) in [4.78, 5) is 23.2.